The minimum Gasteiger partial charge on any atom is -0.465 e. The molecule has 2 saturated carbocycles. The summed E-state index contributed by atoms with van der Waals surface area (Å²) in [6.07, 6.45) is 3.68. The average Bonchev–Trinajstić information content (AvgIpc) is 3.79. The number of cyclic esters (lactones) is 2. The van der Waals surface area contributed by atoms with Crippen molar-refractivity contribution in [3.05, 3.63) is 0 Å². The van der Waals surface area contributed by atoms with Gasteiger partial charge in [-0.25, -0.2) is 14.4 Å². The Morgan fingerprint density at radius 3 is 1.77 bits per heavy atom. The minimum absolute atomic E-state index is 0.0263. The van der Waals surface area contributed by atoms with Crippen molar-refractivity contribution < 1.29 is 52.3 Å². The molecular formula is C28H46O11. The van der Waals surface area contributed by atoms with Gasteiger partial charge in [0.05, 0.1) is 25.7 Å². The molecule has 0 amide bonds. The lowest BCUT2D eigenvalue weighted by molar-refractivity contribution is -0.164. The fourth-order valence-electron chi connectivity index (χ4n) is 6.06. The van der Waals surface area contributed by atoms with Crippen LogP contribution in [0.3, 0.4) is 0 Å². The van der Waals surface area contributed by atoms with E-state index in [-0.39, 0.29) is 30.7 Å². The van der Waals surface area contributed by atoms with Gasteiger partial charge in [-0.3, -0.25) is 4.79 Å². The molecule has 7 fully saturated rings. The molecule has 0 aromatic heterocycles. The Morgan fingerprint density at radius 2 is 1.26 bits per heavy atom. The van der Waals surface area contributed by atoms with Gasteiger partial charge in [0.2, 0.25) is 6.10 Å². The Morgan fingerprint density at radius 1 is 0.667 bits per heavy atom. The van der Waals surface area contributed by atoms with E-state index >= 15 is 0 Å². The number of esters is 2. The first-order chi connectivity index (χ1) is 18.8. The van der Waals surface area contributed by atoms with Gasteiger partial charge >= 0.3 is 24.2 Å². The minimum atomic E-state index is -0.813. The van der Waals surface area contributed by atoms with Crippen LogP contribution in [0.15, 0.2) is 0 Å². The van der Waals surface area contributed by atoms with Crippen LogP contribution in [0.4, 0.5) is 9.59 Å². The first kappa shape index (κ1) is 32.7. The van der Waals surface area contributed by atoms with Crippen molar-refractivity contribution in [1.82, 2.24) is 0 Å². The van der Waals surface area contributed by atoms with E-state index in [1.54, 1.807) is 0 Å². The number of hydrogen-bond acceptors (Lipinski definition) is 11. The molecule has 7 rings (SSSR count). The predicted molar refractivity (Wildman–Crippen MR) is 139 cm³/mol. The van der Waals surface area contributed by atoms with Crippen LogP contribution in [-0.2, 0) is 42.7 Å². The molecule has 224 valence electrons. The zero-order chi connectivity index (χ0) is 29.2. The molecule has 11 heteroatoms. The van der Waals surface area contributed by atoms with Gasteiger partial charge in [0.25, 0.3) is 0 Å². The average molecular weight is 559 g/mol. The molecule has 8 unspecified atom stereocenters. The van der Waals surface area contributed by atoms with Crippen molar-refractivity contribution in [1.29, 1.82) is 0 Å². The first-order valence-electron chi connectivity index (χ1n) is 14.5. The van der Waals surface area contributed by atoms with E-state index in [1.165, 1.54) is 25.7 Å². The lowest BCUT2D eigenvalue weighted by Crippen LogP contribution is -2.42. The molecule has 0 radical (unpaired) electrons. The van der Waals surface area contributed by atoms with E-state index < -0.39 is 30.5 Å². The highest BCUT2D eigenvalue weighted by Crippen LogP contribution is 2.59. The highest BCUT2D eigenvalue weighted by molar-refractivity contribution is 5.82. The quantitative estimate of drug-likeness (QED) is 0.299. The molecular weight excluding hydrogens is 512 g/mol. The van der Waals surface area contributed by atoms with Crippen LogP contribution >= 0.6 is 0 Å². The lowest BCUT2D eigenvalue weighted by atomic mass is 9.68. The van der Waals surface area contributed by atoms with Crippen LogP contribution in [0.5, 0.6) is 0 Å². The third-order valence-electron chi connectivity index (χ3n) is 7.62. The third kappa shape index (κ3) is 7.77. The van der Waals surface area contributed by atoms with Crippen molar-refractivity contribution in [3.8, 4) is 0 Å². The predicted octanol–water partition coefficient (Wildman–Crippen LogP) is 4.82. The Hall–Kier alpha value is -2.56. The van der Waals surface area contributed by atoms with Gasteiger partial charge in [-0.15, -0.1) is 0 Å². The zero-order valence-corrected chi connectivity index (χ0v) is 24.4. The van der Waals surface area contributed by atoms with Crippen LogP contribution in [0.2, 0.25) is 0 Å². The summed E-state index contributed by atoms with van der Waals surface area (Å²) in [6, 6.07) is 0. The summed E-state index contributed by atoms with van der Waals surface area (Å²) < 4.78 is 33.2. The van der Waals surface area contributed by atoms with Gasteiger partial charge in [0, 0.05) is 5.41 Å². The zero-order valence-electron chi connectivity index (χ0n) is 24.4. The van der Waals surface area contributed by atoms with Gasteiger partial charge in [0.15, 0.2) is 18.3 Å². The number of rotatable bonds is 0. The highest BCUT2D eigenvalue weighted by Gasteiger charge is 2.54. The molecule has 0 N–H and O–H groups in total. The summed E-state index contributed by atoms with van der Waals surface area (Å²) in [5.41, 5.74) is 0.399. The first-order valence-corrected chi connectivity index (χ1v) is 14.5. The molecule has 5 aliphatic heterocycles. The monoisotopic (exact) mass is 558 g/mol. The normalized spacial score (nSPS) is 37.4. The fourth-order valence-corrected chi connectivity index (χ4v) is 6.06. The van der Waals surface area contributed by atoms with E-state index in [2.05, 4.69) is 14.2 Å². The number of carbonyl (C=O) groups excluding carboxylic acids is 4. The summed E-state index contributed by atoms with van der Waals surface area (Å²) in [5.74, 6) is 1.46. The maximum Gasteiger partial charge on any atom is 0.509 e. The Bertz CT molecular complexity index is 816. The molecule has 5 saturated heterocycles. The summed E-state index contributed by atoms with van der Waals surface area (Å²) in [6.45, 7) is 15.8. The number of ether oxygens (including phenoxy) is 7. The van der Waals surface area contributed by atoms with Crippen LogP contribution < -0.4 is 0 Å². The highest BCUT2D eigenvalue weighted by atomic mass is 16.8. The molecule has 0 aromatic carbocycles. The van der Waals surface area contributed by atoms with Crippen molar-refractivity contribution in [3.63, 3.8) is 0 Å². The topological polar surface area (TPSA) is 133 Å². The van der Waals surface area contributed by atoms with Crippen molar-refractivity contribution in [2.45, 2.75) is 105 Å². The number of fused-ring (bicyclic) bond motifs is 5. The molecule has 5 heterocycles. The summed E-state index contributed by atoms with van der Waals surface area (Å²) in [4.78, 5) is 42.6. The van der Waals surface area contributed by atoms with Crippen molar-refractivity contribution >= 4 is 24.2 Å². The lowest BCUT2D eigenvalue weighted by Gasteiger charge is -2.42. The van der Waals surface area contributed by atoms with Gasteiger partial charge < -0.3 is 33.2 Å². The van der Waals surface area contributed by atoms with Gasteiger partial charge in [-0.05, 0) is 37.5 Å². The number of carbonyl (C=O) groups is 4. The van der Waals surface area contributed by atoms with Crippen LogP contribution in [0.1, 0.15) is 80.6 Å². The van der Waals surface area contributed by atoms with E-state index in [0.717, 1.165) is 24.9 Å². The molecule has 7 aliphatic rings. The largest absolute Gasteiger partial charge is 0.509 e. The Kier molecular flexibility index (Phi) is 12.8. The smallest absolute Gasteiger partial charge is 0.465 e. The standard InChI is InChI=1S/C12H18O2.C5H4O5.C5H6O4.3C2H6/c1-8-5-12(7-14-11(8)13)6-9-2-3-10(12)4-9;6-4-3-2(1-8-4)9-5(7)10-3;6-5-8-3-1-7-2-4(3)9-5;3*1-2/h8-10H,2-7H2,1H3;2-3H,1H2;3-4H,1-2H2;3*1-2H3. The molecule has 8 atom stereocenters. The van der Waals surface area contributed by atoms with Crippen LogP contribution in [-0.4, -0.2) is 75.1 Å². The van der Waals surface area contributed by atoms with Gasteiger partial charge in [-0.1, -0.05) is 54.9 Å². The molecule has 2 bridgehead atoms. The molecule has 0 aromatic rings. The molecule has 1 spiro atoms. The molecule has 2 aliphatic carbocycles. The maximum absolute atomic E-state index is 11.3. The fraction of sp³-hybridized carbons (Fsp3) is 0.857. The van der Waals surface area contributed by atoms with E-state index in [0.29, 0.717) is 18.6 Å². The summed E-state index contributed by atoms with van der Waals surface area (Å²) >= 11 is 0. The van der Waals surface area contributed by atoms with Crippen molar-refractivity contribution in [2.24, 2.45) is 23.2 Å². The second-order valence-corrected chi connectivity index (χ2v) is 9.83. The van der Waals surface area contributed by atoms with E-state index in [9.17, 15) is 19.2 Å². The Labute approximate surface area is 231 Å². The summed E-state index contributed by atoms with van der Waals surface area (Å²) in [7, 11) is 0. The molecule has 39 heavy (non-hydrogen) atoms. The third-order valence-corrected chi connectivity index (χ3v) is 7.62. The van der Waals surface area contributed by atoms with E-state index in [1.807, 2.05) is 48.5 Å². The molecule has 11 nitrogen and oxygen atoms in total. The van der Waals surface area contributed by atoms with Crippen LogP contribution in [0, 0.1) is 23.2 Å². The van der Waals surface area contributed by atoms with Gasteiger partial charge in [0.1, 0.15) is 6.61 Å². The second kappa shape index (κ2) is 15.3. The second-order valence-electron chi connectivity index (χ2n) is 9.83. The maximum atomic E-state index is 11.3. The van der Waals surface area contributed by atoms with Crippen molar-refractivity contribution in [2.75, 3.05) is 26.4 Å². The van der Waals surface area contributed by atoms with Gasteiger partial charge in [-0.2, -0.15) is 0 Å². The number of hydrogen-bond donors (Lipinski definition) is 0. The summed E-state index contributed by atoms with van der Waals surface area (Å²) in [5, 5.41) is 0. The SMILES string of the molecule is CC.CC.CC.CC1CC2(COC1=O)CC1CCC2C1.O=C1OC2COC(=O)C2O1.O=C1OC2COCC2O1. The Balaban J connectivity index is 0.000000191. The van der Waals surface area contributed by atoms with Crippen LogP contribution in [0.25, 0.3) is 0 Å². The van der Waals surface area contributed by atoms with E-state index in [4.69, 9.17) is 18.9 Å².